The van der Waals surface area contributed by atoms with Crippen LogP contribution >= 0.6 is 0 Å². The van der Waals surface area contributed by atoms with E-state index in [1.807, 2.05) is 0 Å². The Morgan fingerprint density at radius 1 is 1.36 bits per heavy atom. The average molecular weight is 223 g/mol. The maximum absolute atomic E-state index is 11.7. The van der Waals surface area contributed by atoms with Crippen LogP contribution in [0.2, 0.25) is 0 Å². The quantitative estimate of drug-likeness (QED) is 0.582. The molecule has 1 unspecified atom stereocenters. The summed E-state index contributed by atoms with van der Waals surface area (Å²) in [5.41, 5.74) is 0. The predicted octanol–water partition coefficient (Wildman–Crippen LogP) is -1.28. The number of nitrogens with zero attached hydrogens (tertiary/aromatic N) is 1. The van der Waals surface area contributed by atoms with Crippen LogP contribution in [0.3, 0.4) is 0 Å². The Balaban J connectivity index is 2.54. The molecule has 7 heteroatoms. The molecule has 1 rings (SSSR count). The van der Waals surface area contributed by atoms with Gasteiger partial charge in [0.25, 0.3) is 10.2 Å². The molecule has 0 spiro atoms. The van der Waals surface area contributed by atoms with Crippen LogP contribution < -0.4 is 10.0 Å². The largest absolute Gasteiger partial charge is 0.379 e. The smallest absolute Gasteiger partial charge is 0.280 e. The van der Waals surface area contributed by atoms with Gasteiger partial charge in [-0.25, -0.2) is 0 Å². The minimum atomic E-state index is -3.35. The van der Waals surface area contributed by atoms with Gasteiger partial charge in [-0.2, -0.15) is 17.4 Å². The molecule has 0 aliphatic carbocycles. The second kappa shape index (κ2) is 5.04. The Morgan fingerprint density at radius 2 is 1.93 bits per heavy atom. The van der Waals surface area contributed by atoms with Gasteiger partial charge in [0.1, 0.15) is 0 Å². The molecule has 0 aromatic carbocycles. The summed E-state index contributed by atoms with van der Waals surface area (Å²) >= 11 is 0. The van der Waals surface area contributed by atoms with E-state index < -0.39 is 10.2 Å². The van der Waals surface area contributed by atoms with Crippen LogP contribution in [-0.2, 0) is 14.9 Å². The van der Waals surface area contributed by atoms with E-state index in [4.69, 9.17) is 4.74 Å². The molecule has 1 saturated heterocycles. The molecule has 84 valence electrons. The van der Waals surface area contributed by atoms with E-state index in [-0.39, 0.29) is 6.17 Å². The minimum Gasteiger partial charge on any atom is -0.379 e. The second-order valence-electron chi connectivity index (χ2n) is 3.14. The molecule has 1 atom stereocenters. The van der Waals surface area contributed by atoms with Gasteiger partial charge >= 0.3 is 0 Å². The lowest BCUT2D eigenvalue weighted by Crippen LogP contribution is -2.51. The van der Waals surface area contributed by atoms with E-state index in [0.29, 0.717) is 26.3 Å². The van der Waals surface area contributed by atoms with Gasteiger partial charge in [-0.3, -0.25) is 0 Å². The highest BCUT2D eigenvalue weighted by Gasteiger charge is 2.24. The number of hydrogen-bond donors (Lipinski definition) is 2. The van der Waals surface area contributed by atoms with Crippen LogP contribution in [-0.4, -0.2) is 52.2 Å². The number of morpholine rings is 1. The van der Waals surface area contributed by atoms with E-state index >= 15 is 0 Å². The lowest BCUT2D eigenvalue weighted by Gasteiger charge is -2.27. The third kappa shape index (κ3) is 3.18. The van der Waals surface area contributed by atoms with Crippen molar-refractivity contribution < 1.29 is 13.2 Å². The number of hydrogen-bond acceptors (Lipinski definition) is 4. The van der Waals surface area contributed by atoms with Crippen molar-refractivity contribution in [3.8, 4) is 0 Å². The summed E-state index contributed by atoms with van der Waals surface area (Å²) in [5.74, 6) is 0. The molecule has 0 bridgehead atoms. The van der Waals surface area contributed by atoms with Gasteiger partial charge in [-0.1, -0.05) is 0 Å². The van der Waals surface area contributed by atoms with Crippen LogP contribution in [0.25, 0.3) is 0 Å². The van der Waals surface area contributed by atoms with Gasteiger partial charge in [0, 0.05) is 13.1 Å². The summed E-state index contributed by atoms with van der Waals surface area (Å²) in [6, 6.07) is 0. The van der Waals surface area contributed by atoms with Gasteiger partial charge in [0.2, 0.25) is 0 Å². The first-order valence-electron chi connectivity index (χ1n) is 4.58. The maximum atomic E-state index is 11.7. The molecular weight excluding hydrogens is 206 g/mol. The van der Waals surface area contributed by atoms with Crippen molar-refractivity contribution in [3.05, 3.63) is 0 Å². The molecule has 0 aromatic rings. The van der Waals surface area contributed by atoms with Crippen LogP contribution in [0.4, 0.5) is 0 Å². The van der Waals surface area contributed by atoms with Gasteiger partial charge < -0.3 is 10.1 Å². The van der Waals surface area contributed by atoms with Crippen molar-refractivity contribution >= 4 is 10.2 Å². The standard InChI is InChI=1S/C7H17N3O3S/c1-7(8-2)9-14(11,12)10-3-5-13-6-4-10/h7-9H,3-6H2,1-2H3. The Bertz CT molecular complexity index is 261. The van der Waals surface area contributed by atoms with Gasteiger partial charge in [0.15, 0.2) is 0 Å². The van der Waals surface area contributed by atoms with Crippen molar-refractivity contribution in [1.29, 1.82) is 0 Å². The molecule has 1 aliphatic rings. The van der Waals surface area contributed by atoms with Crippen molar-refractivity contribution in [3.63, 3.8) is 0 Å². The topological polar surface area (TPSA) is 70.7 Å². The molecule has 14 heavy (non-hydrogen) atoms. The highest BCUT2D eigenvalue weighted by molar-refractivity contribution is 7.87. The van der Waals surface area contributed by atoms with Crippen molar-refractivity contribution in [2.75, 3.05) is 33.4 Å². The van der Waals surface area contributed by atoms with E-state index in [1.54, 1.807) is 14.0 Å². The summed E-state index contributed by atoms with van der Waals surface area (Å²) in [4.78, 5) is 0. The normalized spacial score (nSPS) is 22.1. The van der Waals surface area contributed by atoms with E-state index in [2.05, 4.69) is 10.0 Å². The third-order valence-corrected chi connectivity index (χ3v) is 3.77. The average Bonchev–Trinajstić information content (AvgIpc) is 2.18. The first-order valence-corrected chi connectivity index (χ1v) is 6.02. The molecule has 1 fully saturated rings. The molecule has 6 nitrogen and oxygen atoms in total. The Kier molecular flexibility index (Phi) is 4.27. The zero-order chi connectivity index (χ0) is 10.6. The summed E-state index contributed by atoms with van der Waals surface area (Å²) in [7, 11) is -1.65. The van der Waals surface area contributed by atoms with E-state index in [0.717, 1.165) is 0 Å². The number of rotatable bonds is 4. The SMILES string of the molecule is CNC(C)NS(=O)(=O)N1CCOCC1. The minimum absolute atomic E-state index is 0.261. The number of ether oxygens (including phenoxy) is 1. The Labute approximate surface area is 84.8 Å². The van der Waals surface area contributed by atoms with Crippen LogP contribution in [0.1, 0.15) is 6.92 Å². The lowest BCUT2D eigenvalue weighted by molar-refractivity contribution is 0.0723. The summed E-state index contributed by atoms with van der Waals surface area (Å²) in [5, 5.41) is 2.81. The fourth-order valence-corrected chi connectivity index (χ4v) is 2.49. The molecule has 0 amide bonds. The van der Waals surface area contributed by atoms with Crippen LogP contribution in [0, 0.1) is 0 Å². The molecule has 1 heterocycles. The molecular formula is C7H17N3O3S. The van der Waals surface area contributed by atoms with E-state index in [1.165, 1.54) is 4.31 Å². The van der Waals surface area contributed by atoms with E-state index in [9.17, 15) is 8.42 Å². The predicted molar refractivity (Wildman–Crippen MR) is 53.0 cm³/mol. The molecule has 0 saturated carbocycles. The fourth-order valence-electron chi connectivity index (χ4n) is 1.14. The van der Waals surface area contributed by atoms with Crippen molar-refractivity contribution in [1.82, 2.24) is 14.3 Å². The molecule has 0 radical (unpaired) electrons. The highest BCUT2D eigenvalue weighted by Crippen LogP contribution is 2.02. The van der Waals surface area contributed by atoms with Crippen LogP contribution in [0.15, 0.2) is 0 Å². The zero-order valence-electron chi connectivity index (χ0n) is 8.49. The van der Waals surface area contributed by atoms with Crippen LogP contribution in [0.5, 0.6) is 0 Å². The summed E-state index contributed by atoms with van der Waals surface area (Å²) in [6.45, 7) is 3.53. The monoisotopic (exact) mass is 223 g/mol. The van der Waals surface area contributed by atoms with Crippen molar-refractivity contribution in [2.24, 2.45) is 0 Å². The first-order chi connectivity index (χ1) is 6.56. The van der Waals surface area contributed by atoms with Gasteiger partial charge in [-0.05, 0) is 14.0 Å². The summed E-state index contributed by atoms with van der Waals surface area (Å²) < 4.78 is 32.3. The fraction of sp³-hybridized carbons (Fsp3) is 1.00. The molecule has 0 aromatic heterocycles. The first kappa shape index (κ1) is 11.9. The third-order valence-electron chi connectivity index (χ3n) is 2.07. The Morgan fingerprint density at radius 3 is 2.43 bits per heavy atom. The number of nitrogens with one attached hydrogen (secondary N) is 2. The highest BCUT2D eigenvalue weighted by atomic mass is 32.2. The van der Waals surface area contributed by atoms with Gasteiger partial charge in [-0.15, -0.1) is 0 Å². The summed E-state index contributed by atoms with van der Waals surface area (Å²) in [6.07, 6.45) is -0.261. The molecule has 2 N–H and O–H groups in total. The lowest BCUT2D eigenvalue weighted by atomic mass is 10.5. The molecule has 1 aliphatic heterocycles. The maximum Gasteiger partial charge on any atom is 0.280 e. The second-order valence-corrected chi connectivity index (χ2v) is 4.85. The van der Waals surface area contributed by atoms with Gasteiger partial charge in [0.05, 0.1) is 19.4 Å². The van der Waals surface area contributed by atoms with Crippen molar-refractivity contribution in [2.45, 2.75) is 13.1 Å². The zero-order valence-corrected chi connectivity index (χ0v) is 9.30. The Hall–Kier alpha value is -0.210.